The highest BCUT2D eigenvalue weighted by molar-refractivity contribution is 9.10. The van der Waals surface area contributed by atoms with Gasteiger partial charge in [-0.25, -0.2) is 4.98 Å². The molecule has 0 aliphatic heterocycles. The van der Waals surface area contributed by atoms with Gasteiger partial charge in [0.15, 0.2) is 0 Å². The summed E-state index contributed by atoms with van der Waals surface area (Å²) in [6.45, 7) is 0. The maximum atomic E-state index is 4.31. The van der Waals surface area contributed by atoms with E-state index in [1.54, 1.807) is 11.8 Å². The minimum absolute atomic E-state index is 0.955. The molecule has 0 aliphatic carbocycles. The van der Waals surface area contributed by atoms with Crippen molar-refractivity contribution >= 4 is 27.7 Å². The molecular formula is C12H10BrNS. The Kier molecular flexibility index (Phi) is 3.80. The number of hydrogen-bond acceptors (Lipinski definition) is 2. The van der Waals surface area contributed by atoms with Gasteiger partial charge in [0.1, 0.15) is 5.03 Å². The number of rotatable bonds is 3. The second-order valence-corrected chi connectivity index (χ2v) is 4.88. The molecule has 0 bridgehead atoms. The first kappa shape index (κ1) is 10.7. The molecule has 0 N–H and O–H groups in total. The maximum Gasteiger partial charge on any atom is 0.110 e. The van der Waals surface area contributed by atoms with Crippen molar-refractivity contribution in [2.75, 3.05) is 0 Å². The molecule has 1 nitrogen and oxygen atoms in total. The van der Waals surface area contributed by atoms with Gasteiger partial charge in [-0.05, 0) is 33.6 Å². The highest BCUT2D eigenvalue weighted by Crippen LogP contribution is 2.27. The van der Waals surface area contributed by atoms with E-state index in [0.29, 0.717) is 0 Å². The Morgan fingerprint density at radius 3 is 2.60 bits per heavy atom. The Bertz CT molecular complexity index is 431. The molecule has 0 atom stereocenters. The fraction of sp³-hybridized carbons (Fsp3) is 0.0833. The Balaban J connectivity index is 2.03. The topological polar surface area (TPSA) is 12.9 Å². The molecule has 0 spiro atoms. The Morgan fingerprint density at radius 1 is 1.07 bits per heavy atom. The molecule has 3 heteroatoms. The Hall–Kier alpha value is -0.800. The highest BCUT2D eigenvalue weighted by Gasteiger charge is 2.00. The minimum atomic E-state index is 0.955. The van der Waals surface area contributed by atoms with E-state index in [1.807, 2.05) is 24.4 Å². The molecule has 1 heterocycles. The predicted octanol–water partition coefficient (Wildman–Crippen LogP) is 4.14. The highest BCUT2D eigenvalue weighted by atomic mass is 79.9. The molecule has 2 aromatic rings. The van der Waals surface area contributed by atoms with Crippen LogP contribution in [0, 0.1) is 0 Å². The molecule has 0 radical (unpaired) electrons. The van der Waals surface area contributed by atoms with E-state index in [1.165, 1.54) is 5.56 Å². The summed E-state index contributed by atoms with van der Waals surface area (Å²) in [6.07, 6.45) is 1.82. The van der Waals surface area contributed by atoms with E-state index in [-0.39, 0.29) is 0 Å². The Labute approximate surface area is 102 Å². The summed E-state index contributed by atoms with van der Waals surface area (Å²) in [4.78, 5) is 4.31. The van der Waals surface area contributed by atoms with Gasteiger partial charge in [-0.3, -0.25) is 0 Å². The molecule has 15 heavy (non-hydrogen) atoms. The van der Waals surface area contributed by atoms with Crippen LogP contribution in [0.2, 0.25) is 0 Å². The molecule has 0 aliphatic rings. The van der Waals surface area contributed by atoms with Crippen molar-refractivity contribution in [1.82, 2.24) is 4.98 Å². The van der Waals surface area contributed by atoms with Crippen LogP contribution in [0.15, 0.2) is 58.2 Å². The van der Waals surface area contributed by atoms with Gasteiger partial charge in [-0.15, -0.1) is 11.8 Å². The van der Waals surface area contributed by atoms with Crippen molar-refractivity contribution in [2.24, 2.45) is 0 Å². The zero-order valence-electron chi connectivity index (χ0n) is 8.06. The molecule has 2 rings (SSSR count). The van der Waals surface area contributed by atoms with Crippen LogP contribution in [0.5, 0.6) is 0 Å². The van der Waals surface area contributed by atoms with E-state index < -0.39 is 0 Å². The van der Waals surface area contributed by atoms with Crippen LogP contribution in [0.25, 0.3) is 0 Å². The molecule has 1 aromatic heterocycles. The van der Waals surface area contributed by atoms with Crippen molar-refractivity contribution in [3.05, 3.63) is 58.7 Å². The first-order chi connectivity index (χ1) is 7.36. The molecule has 0 saturated carbocycles. The van der Waals surface area contributed by atoms with Gasteiger partial charge in [-0.2, -0.15) is 0 Å². The fourth-order valence-corrected chi connectivity index (χ4v) is 2.64. The second-order valence-electron chi connectivity index (χ2n) is 3.06. The number of nitrogens with zero attached hydrogens (tertiary/aromatic N) is 1. The van der Waals surface area contributed by atoms with Gasteiger partial charge in [0.05, 0.1) is 0 Å². The molecule has 76 valence electrons. The standard InChI is InChI=1S/C12H10BrNS/c13-11-7-4-8-14-12(11)15-9-10-5-2-1-3-6-10/h1-8H,9H2. The van der Waals surface area contributed by atoms with Gasteiger partial charge in [0.25, 0.3) is 0 Å². The molecule has 0 unspecified atom stereocenters. The van der Waals surface area contributed by atoms with Crippen molar-refractivity contribution in [1.29, 1.82) is 0 Å². The summed E-state index contributed by atoms with van der Waals surface area (Å²) >= 11 is 5.23. The fourth-order valence-electron chi connectivity index (χ4n) is 1.20. The molecule has 1 aromatic carbocycles. The summed E-state index contributed by atoms with van der Waals surface area (Å²) in [5, 5.41) is 1.04. The summed E-state index contributed by atoms with van der Waals surface area (Å²) in [5.74, 6) is 0.955. The average molecular weight is 280 g/mol. The smallest absolute Gasteiger partial charge is 0.110 e. The average Bonchev–Trinajstić information content (AvgIpc) is 2.29. The van der Waals surface area contributed by atoms with Crippen LogP contribution < -0.4 is 0 Å². The van der Waals surface area contributed by atoms with Crippen molar-refractivity contribution in [2.45, 2.75) is 10.8 Å². The third kappa shape index (κ3) is 3.08. The molecular weight excluding hydrogens is 270 g/mol. The number of aromatic nitrogens is 1. The molecule has 0 fully saturated rings. The zero-order chi connectivity index (χ0) is 10.5. The number of hydrogen-bond donors (Lipinski definition) is 0. The van der Waals surface area contributed by atoms with Gasteiger partial charge in [0.2, 0.25) is 0 Å². The van der Waals surface area contributed by atoms with E-state index in [2.05, 4.69) is 45.2 Å². The lowest BCUT2D eigenvalue weighted by Gasteiger charge is -2.02. The van der Waals surface area contributed by atoms with Crippen LogP contribution in [0.4, 0.5) is 0 Å². The monoisotopic (exact) mass is 279 g/mol. The van der Waals surface area contributed by atoms with Gasteiger partial charge < -0.3 is 0 Å². The first-order valence-electron chi connectivity index (χ1n) is 4.63. The lowest BCUT2D eigenvalue weighted by atomic mass is 10.2. The number of thioether (sulfide) groups is 1. The van der Waals surface area contributed by atoms with Gasteiger partial charge in [-0.1, -0.05) is 30.3 Å². The Morgan fingerprint density at radius 2 is 1.87 bits per heavy atom. The van der Waals surface area contributed by atoms with E-state index in [9.17, 15) is 0 Å². The zero-order valence-corrected chi connectivity index (χ0v) is 10.5. The second kappa shape index (κ2) is 5.33. The summed E-state index contributed by atoms with van der Waals surface area (Å²) in [7, 11) is 0. The molecule has 0 saturated heterocycles. The number of halogens is 1. The largest absolute Gasteiger partial charge is 0.249 e. The minimum Gasteiger partial charge on any atom is -0.249 e. The van der Waals surface area contributed by atoms with Crippen LogP contribution >= 0.6 is 27.7 Å². The van der Waals surface area contributed by atoms with Gasteiger partial charge in [0, 0.05) is 16.4 Å². The summed E-state index contributed by atoms with van der Waals surface area (Å²) in [5.41, 5.74) is 1.32. The maximum absolute atomic E-state index is 4.31. The summed E-state index contributed by atoms with van der Waals surface area (Å²) in [6, 6.07) is 14.3. The van der Waals surface area contributed by atoms with E-state index in [0.717, 1.165) is 15.3 Å². The predicted molar refractivity (Wildman–Crippen MR) is 67.9 cm³/mol. The lowest BCUT2D eigenvalue weighted by Crippen LogP contribution is -1.83. The quantitative estimate of drug-likeness (QED) is 0.784. The summed E-state index contributed by atoms with van der Waals surface area (Å²) < 4.78 is 1.06. The normalized spacial score (nSPS) is 10.2. The van der Waals surface area contributed by atoms with Crippen LogP contribution in [-0.2, 0) is 5.75 Å². The van der Waals surface area contributed by atoms with Gasteiger partial charge >= 0.3 is 0 Å². The van der Waals surface area contributed by atoms with Crippen LogP contribution in [-0.4, -0.2) is 4.98 Å². The number of pyridine rings is 1. The first-order valence-corrected chi connectivity index (χ1v) is 6.41. The van der Waals surface area contributed by atoms with Crippen molar-refractivity contribution < 1.29 is 0 Å². The van der Waals surface area contributed by atoms with E-state index >= 15 is 0 Å². The van der Waals surface area contributed by atoms with Crippen molar-refractivity contribution in [3.63, 3.8) is 0 Å². The third-order valence-corrected chi connectivity index (χ3v) is 3.92. The van der Waals surface area contributed by atoms with Crippen LogP contribution in [0.1, 0.15) is 5.56 Å². The number of benzene rings is 1. The van der Waals surface area contributed by atoms with E-state index in [4.69, 9.17) is 0 Å². The van der Waals surface area contributed by atoms with Crippen LogP contribution in [0.3, 0.4) is 0 Å². The molecule has 0 amide bonds. The van der Waals surface area contributed by atoms with Crippen molar-refractivity contribution in [3.8, 4) is 0 Å². The SMILES string of the molecule is Brc1cccnc1SCc1ccccc1. The third-order valence-electron chi connectivity index (χ3n) is 1.94. The lowest BCUT2D eigenvalue weighted by molar-refractivity contribution is 1.11.